The van der Waals surface area contributed by atoms with Gasteiger partial charge in [-0.05, 0) is 53.7 Å². The predicted octanol–water partition coefficient (Wildman–Crippen LogP) is 5.62. The van der Waals surface area contributed by atoms with E-state index in [-0.39, 0.29) is 17.1 Å². The number of H-pyrrole nitrogens is 1. The topological polar surface area (TPSA) is 64.5 Å². The highest BCUT2D eigenvalue weighted by molar-refractivity contribution is 5.96. The van der Waals surface area contributed by atoms with Crippen LogP contribution in [0.25, 0.3) is 22.2 Å². The monoisotopic (exact) mass is 486 g/mol. The molecular formula is C27H33F3N4O. The van der Waals surface area contributed by atoms with Gasteiger partial charge in [0, 0.05) is 50.9 Å². The molecule has 2 unspecified atom stereocenters. The smallest absolute Gasteiger partial charge is 0.150 e. The molecule has 8 heteroatoms. The van der Waals surface area contributed by atoms with Crippen molar-refractivity contribution in [2.75, 3.05) is 26.7 Å². The van der Waals surface area contributed by atoms with Crippen LogP contribution in [0.5, 0.6) is 0 Å². The van der Waals surface area contributed by atoms with Crippen LogP contribution in [0.3, 0.4) is 0 Å². The van der Waals surface area contributed by atoms with E-state index in [0.717, 1.165) is 56.2 Å². The van der Waals surface area contributed by atoms with Gasteiger partial charge in [0.25, 0.3) is 0 Å². The maximum Gasteiger partial charge on any atom is 0.150 e. The second-order valence-electron chi connectivity index (χ2n) is 9.04. The van der Waals surface area contributed by atoms with Gasteiger partial charge in [-0.3, -0.25) is 9.89 Å². The van der Waals surface area contributed by atoms with E-state index in [9.17, 15) is 18.3 Å². The molecule has 3 aromatic rings. The average Bonchev–Trinajstić information content (AvgIpc) is 3.21. The summed E-state index contributed by atoms with van der Waals surface area (Å²) >= 11 is 0. The van der Waals surface area contributed by atoms with E-state index in [4.69, 9.17) is 0 Å². The number of aliphatic imine (C=N–C) groups is 1. The third-order valence-corrected chi connectivity index (χ3v) is 6.18. The van der Waals surface area contributed by atoms with Crippen LogP contribution in [0.1, 0.15) is 27.2 Å². The SMILES string of the molecule is CC/C=C\C(CN1CC(C)C(O)C(C)C1)=NC.Fc1cc(F)cc(-c2ccnc3[nH]cc(F)c23)c1. The summed E-state index contributed by atoms with van der Waals surface area (Å²) in [7, 11) is 1.85. The van der Waals surface area contributed by atoms with Crippen molar-refractivity contribution in [1.29, 1.82) is 0 Å². The second kappa shape index (κ2) is 12.1. The van der Waals surface area contributed by atoms with Crippen LogP contribution in [0.2, 0.25) is 0 Å². The average molecular weight is 487 g/mol. The molecule has 1 aliphatic rings. The molecule has 3 heterocycles. The van der Waals surface area contributed by atoms with Crippen molar-refractivity contribution in [3.05, 3.63) is 66.3 Å². The number of fused-ring (bicyclic) bond motifs is 1. The van der Waals surface area contributed by atoms with Crippen molar-refractivity contribution in [3.8, 4) is 11.1 Å². The van der Waals surface area contributed by atoms with Crippen molar-refractivity contribution in [3.63, 3.8) is 0 Å². The summed E-state index contributed by atoms with van der Waals surface area (Å²) in [5.74, 6) is -1.20. The quantitative estimate of drug-likeness (QED) is 0.460. The lowest BCUT2D eigenvalue weighted by Gasteiger charge is -2.38. The Kier molecular flexibility index (Phi) is 9.23. The van der Waals surface area contributed by atoms with E-state index >= 15 is 0 Å². The highest BCUT2D eigenvalue weighted by atomic mass is 19.1. The molecule has 0 aliphatic carbocycles. The van der Waals surface area contributed by atoms with Crippen LogP contribution >= 0.6 is 0 Å². The van der Waals surface area contributed by atoms with E-state index in [1.54, 1.807) is 0 Å². The largest absolute Gasteiger partial charge is 0.392 e. The number of pyridine rings is 1. The lowest BCUT2D eigenvalue weighted by atomic mass is 9.88. The normalized spacial score (nSPS) is 21.4. The van der Waals surface area contributed by atoms with Crippen LogP contribution < -0.4 is 0 Å². The summed E-state index contributed by atoms with van der Waals surface area (Å²) in [6, 6.07) is 4.61. The maximum atomic E-state index is 13.6. The first-order chi connectivity index (χ1) is 16.7. The molecule has 1 aliphatic heterocycles. The molecule has 1 aromatic carbocycles. The number of piperidine rings is 1. The van der Waals surface area contributed by atoms with E-state index in [1.807, 2.05) is 7.05 Å². The van der Waals surface area contributed by atoms with Crippen LogP contribution in [0.15, 0.2) is 53.8 Å². The number of rotatable bonds is 5. The van der Waals surface area contributed by atoms with Gasteiger partial charge >= 0.3 is 0 Å². The Bertz CT molecular complexity index is 1160. The molecule has 35 heavy (non-hydrogen) atoms. The number of aliphatic hydroxyl groups is 1. The highest BCUT2D eigenvalue weighted by Crippen LogP contribution is 2.30. The summed E-state index contributed by atoms with van der Waals surface area (Å²) in [5, 5.41) is 10.2. The van der Waals surface area contributed by atoms with E-state index in [2.05, 4.69) is 52.8 Å². The zero-order valence-corrected chi connectivity index (χ0v) is 20.6. The predicted molar refractivity (Wildman–Crippen MR) is 135 cm³/mol. The number of allylic oxidation sites excluding steroid dienone is 1. The fourth-order valence-electron chi connectivity index (χ4n) is 4.44. The standard InChI is InChI=1S/C14H26N2O.C13H7F3N2/c1-5-6-7-13(15-4)10-16-8-11(2)14(17)12(3)9-16;14-8-3-7(4-9(15)5-8)10-1-2-17-13-12(10)11(16)6-18-13/h6-7,11-12,14,17H,5,8-10H2,1-4H3;1-6H,(H,17,18)/b7-6-,15-13?;. The Morgan fingerprint density at radius 2 is 1.83 bits per heavy atom. The Morgan fingerprint density at radius 1 is 1.17 bits per heavy atom. The van der Waals surface area contributed by atoms with Crippen LogP contribution in [0.4, 0.5) is 13.2 Å². The van der Waals surface area contributed by atoms with Gasteiger partial charge in [-0.1, -0.05) is 26.8 Å². The molecule has 188 valence electrons. The van der Waals surface area contributed by atoms with Gasteiger partial charge in [-0.15, -0.1) is 0 Å². The number of aromatic amines is 1. The minimum absolute atomic E-state index is 0.153. The van der Waals surface area contributed by atoms with Gasteiger partial charge in [0.1, 0.15) is 17.3 Å². The van der Waals surface area contributed by atoms with E-state index < -0.39 is 17.5 Å². The lowest BCUT2D eigenvalue weighted by molar-refractivity contribution is -0.00256. The molecular weight excluding hydrogens is 453 g/mol. The Hall–Kier alpha value is -2.97. The van der Waals surface area contributed by atoms with Crippen molar-refractivity contribution in [2.45, 2.75) is 33.3 Å². The molecule has 2 atom stereocenters. The molecule has 4 rings (SSSR count). The fourth-order valence-corrected chi connectivity index (χ4v) is 4.44. The van der Waals surface area contributed by atoms with Gasteiger partial charge in [0.15, 0.2) is 5.82 Å². The number of benzene rings is 1. The first kappa shape index (κ1) is 26.6. The first-order valence-electron chi connectivity index (χ1n) is 11.8. The summed E-state index contributed by atoms with van der Waals surface area (Å²) in [5.41, 5.74) is 2.15. The van der Waals surface area contributed by atoms with Gasteiger partial charge in [-0.2, -0.15) is 0 Å². The number of hydrogen-bond donors (Lipinski definition) is 2. The fraction of sp³-hybridized carbons (Fsp3) is 0.407. The highest BCUT2D eigenvalue weighted by Gasteiger charge is 2.30. The lowest BCUT2D eigenvalue weighted by Crippen LogP contribution is -2.48. The van der Waals surface area contributed by atoms with Gasteiger partial charge in [0.2, 0.25) is 0 Å². The number of nitrogens with zero attached hydrogens (tertiary/aromatic N) is 3. The minimum atomic E-state index is -0.703. The molecule has 1 saturated heterocycles. The number of nitrogens with one attached hydrogen (secondary N) is 1. The number of hydrogen-bond acceptors (Lipinski definition) is 4. The maximum absolute atomic E-state index is 13.6. The number of halogens is 3. The van der Waals surface area contributed by atoms with Crippen LogP contribution in [-0.4, -0.2) is 58.5 Å². The Labute approximate surface area is 204 Å². The molecule has 0 saturated carbocycles. The zero-order valence-electron chi connectivity index (χ0n) is 20.6. The molecule has 0 spiro atoms. The third kappa shape index (κ3) is 6.80. The van der Waals surface area contributed by atoms with Crippen molar-refractivity contribution in [2.24, 2.45) is 16.8 Å². The molecule has 0 radical (unpaired) electrons. The van der Waals surface area contributed by atoms with Crippen molar-refractivity contribution < 1.29 is 18.3 Å². The third-order valence-electron chi connectivity index (χ3n) is 6.18. The number of aliphatic hydroxyl groups excluding tert-OH is 1. The number of likely N-dealkylation sites (tertiary alicyclic amines) is 1. The van der Waals surface area contributed by atoms with Crippen LogP contribution in [0, 0.1) is 29.3 Å². The minimum Gasteiger partial charge on any atom is -0.392 e. The van der Waals surface area contributed by atoms with Gasteiger partial charge in [0.05, 0.1) is 11.5 Å². The Morgan fingerprint density at radius 3 is 2.43 bits per heavy atom. The molecule has 2 aromatic heterocycles. The molecule has 0 bridgehead atoms. The summed E-state index contributed by atoms with van der Waals surface area (Å²) in [6.45, 7) is 9.20. The molecule has 2 N–H and O–H groups in total. The van der Waals surface area contributed by atoms with Crippen molar-refractivity contribution in [1.82, 2.24) is 14.9 Å². The molecule has 1 fully saturated rings. The molecule has 5 nitrogen and oxygen atoms in total. The van der Waals surface area contributed by atoms with E-state index in [1.165, 1.54) is 12.3 Å². The van der Waals surface area contributed by atoms with Gasteiger partial charge < -0.3 is 10.1 Å². The Balaban J connectivity index is 0.000000196. The summed E-state index contributed by atoms with van der Waals surface area (Å²) in [4.78, 5) is 13.3. The van der Waals surface area contributed by atoms with Gasteiger partial charge in [-0.25, -0.2) is 18.2 Å². The van der Waals surface area contributed by atoms with Crippen LogP contribution in [-0.2, 0) is 0 Å². The molecule has 0 amide bonds. The summed E-state index contributed by atoms with van der Waals surface area (Å²) < 4.78 is 40.0. The summed E-state index contributed by atoms with van der Waals surface area (Å²) in [6.07, 6.45) is 7.77. The number of aromatic nitrogens is 2. The zero-order chi connectivity index (χ0) is 25.5. The van der Waals surface area contributed by atoms with E-state index in [0.29, 0.717) is 23.0 Å². The van der Waals surface area contributed by atoms with Crippen molar-refractivity contribution >= 4 is 16.7 Å². The second-order valence-corrected chi connectivity index (χ2v) is 9.04. The first-order valence-corrected chi connectivity index (χ1v) is 11.8.